The van der Waals surface area contributed by atoms with E-state index in [9.17, 15) is 0 Å². The maximum Gasteiger partial charge on any atom is 0.140 e. The van der Waals surface area contributed by atoms with Gasteiger partial charge in [0.1, 0.15) is 5.44 Å². The summed E-state index contributed by atoms with van der Waals surface area (Å²) in [5.74, 6) is 0. The van der Waals surface area contributed by atoms with E-state index in [0.717, 1.165) is 12.8 Å². The van der Waals surface area contributed by atoms with Crippen molar-refractivity contribution in [2.24, 2.45) is 0 Å². The zero-order chi connectivity index (χ0) is 6.41. The maximum atomic E-state index is 4.91. The van der Waals surface area contributed by atoms with E-state index in [1.54, 1.807) is 0 Å². The van der Waals surface area contributed by atoms with Gasteiger partial charge in [-0.2, -0.15) is 0 Å². The molecule has 0 aromatic rings. The summed E-state index contributed by atoms with van der Waals surface area (Å²) >= 11 is 4.10. The van der Waals surface area contributed by atoms with Crippen LogP contribution < -0.4 is 0 Å². The highest BCUT2D eigenvalue weighted by atomic mass is 32.1. The highest BCUT2D eigenvalue weighted by Crippen LogP contribution is 2.04. The Kier molecular flexibility index (Phi) is 4.97. The fourth-order valence-corrected chi connectivity index (χ4v) is 0.770. The van der Waals surface area contributed by atoms with Crippen molar-refractivity contribution in [1.29, 1.82) is 0 Å². The molecule has 1 atom stereocenters. The van der Waals surface area contributed by atoms with Crippen molar-refractivity contribution < 1.29 is 4.74 Å². The van der Waals surface area contributed by atoms with Crippen molar-refractivity contribution in [2.75, 3.05) is 0 Å². The second-order valence-corrected chi connectivity index (χ2v) is 2.12. The molecule has 0 fully saturated rings. The summed E-state index contributed by atoms with van der Waals surface area (Å²) in [6.45, 7) is 5.50. The highest BCUT2D eigenvalue weighted by molar-refractivity contribution is 7.80. The lowest BCUT2D eigenvalue weighted by molar-refractivity contribution is 0.215. The standard InChI is InChI=1S/C6H12OS/c1-3-5-6(8)7-4-2/h4,6,8H,2-3,5H2,1H3. The van der Waals surface area contributed by atoms with Crippen LogP contribution in [0.25, 0.3) is 0 Å². The summed E-state index contributed by atoms with van der Waals surface area (Å²) in [5, 5.41) is 0. The molecular formula is C6H12OS. The van der Waals surface area contributed by atoms with Gasteiger partial charge < -0.3 is 4.74 Å². The first-order chi connectivity index (χ1) is 3.81. The number of hydrogen-bond acceptors (Lipinski definition) is 2. The predicted octanol–water partition coefficient (Wildman–Crippen LogP) is 2.20. The summed E-state index contributed by atoms with van der Waals surface area (Å²) in [4.78, 5) is 0. The van der Waals surface area contributed by atoms with Crippen LogP contribution in [-0.4, -0.2) is 5.44 Å². The lowest BCUT2D eigenvalue weighted by Crippen LogP contribution is -1.97. The van der Waals surface area contributed by atoms with E-state index in [1.165, 1.54) is 6.26 Å². The molecule has 48 valence electrons. The first-order valence-electron chi connectivity index (χ1n) is 2.75. The quantitative estimate of drug-likeness (QED) is 0.350. The molecule has 0 aromatic carbocycles. The Morgan fingerprint density at radius 3 is 2.88 bits per heavy atom. The van der Waals surface area contributed by atoms with Crippen LogP contribution in [0.4, 0.5) is 0 Å². The number of rotatable bonds is 4. The van der Waals surface area contributed by atoms with Crippen molar-refractivity contribution in [3.63, 3.8) is 0 Å². The van der Waals surface area contributed by atoms with Crippen molar-refractivity contribution in [2.45, 2.75) is 25.2 Å². The summed E-state index contributed by atoms with van der Waals surface area (Å²) in [7, 11) is 0. The van der Waals surface area contributed by atoms with Gasteiger partial charge in [-0.15, -0.1) is 12.6 Å². The Bertz CT molecular complexity index is 63.5. The molecule has 0 rings (SSSR count). The molecule has 2 heteroatoms. The molecule has 0 N–H and O–H groups in total. The average molecular weight is 132 g/mol. The smallest absolute Gasteiger partial charge is 0.140 e. The average Bonchev–Trinajstić information content (AvgIpc) is 1.68. The molecule has 0 amide bonds. The highest BCUT2D eigenvalue weighted by Gasteiger charge is 1.95. The summed E-state index contributed by atoms with van der Waals surface area (Å²) in [6.07, 6.45) is 3.50. The minimum absolute atomic E-state index is 0.0394. The number of thiol groups is 1. The monoisotopic (exact) mass is 132 g/mol. The number of ether oxygens (including phenoxy) is 1. The van der Waals surface area contributed by atoms with Crippen LogP contribution in [0.3, 0.4) is 0 Å². The zero-order valence-electron chi connectivity index (χ0n) is 5.13. The van der Waals surface area contributed by atoms with Gasteiger partial charge >= 0.3 is 0 Å². The van der Waals surface area contributed by atoms with E-state index in [1.807, 2.05) is 0 Å². The summed E-state index contributed by atoms with van der Waals surface area (Å²) < 4.78 is 4.91. The molecule has 1 nitrogen and oxygen atoms in total. The van der Waals surface area contributed by atoms with Crippen molar-refractivity contribution in [3.8, 4) is 0 Å². The summed E-state index contributed by atoms with van der Waals surface area (Å²) in [6, 6.07) is 0. The van der Waals surface area contributed by atoms with Crippen LogP contribution in [0.1, 0.15) is 19.8 Å². The van der Waals surface area contributed by atoms with E-state index in [4.69, 9.17) is 4.74 Å². The van der Waals surface area contributed by atoms with Crippen LogP contribution in [-0.2, 0) is 4.74 Å². The topological polar surface area (TPSA) is 9.23 Å². The molecule has 0 aliphatic heterocycles. The van der Waals surface area contributed by atoms with E-state index >= 15 is 0 Å². The van der Waals surface area contributed by atoms with Crippen molar-refractivity contribution in [3.05, 3.63) is 12.8 Å². The van der Waals surface area contributed by atoms with Crippen molar-refractivity contribution >= 4 is 12.6 Å². The van der Waals surface area contributed by atoms with E-state index in [0.29, 0.717) is 0 Å². The van der Waals surface area contributed by atoms with Gasteiger partial charge in [0, 0.05) is 0 Å². The zero-order valence-corrected chi connectivity index (χ0v) is 6.03. The van der Waals surface area contributed by atoms with E-state index < -0.39 is 0 Å². The normalized spacial score (nSPS) is 12.8. The first kappa shape index (κ1) is 7.89. The third-order valence-corrected chi connectivity index (χ3v) is 1.17. The largest absolute Gasteiger partial charge is 0.488 e. The van der Waals surface area contributed by atoms with Crippen LogP contribution in [0, 0.1) is 0 Å². The lowest BCUT2D eigenvalue weighted by atomic mass is 10.4. The van der Waals surface area contributed by atoms with Gasteiger partial charge in [0.15, 0.2) is 0 Å². The van der Waals surface area contributed by atoms with Gasteiger partial charge in [-0.05, 0) is 6.42 Å². The summed E-state index contributed by atoms with van der Waals surface area (Å²) in [5.41, 5.74) is 0.0394. The first-order valence-corrected chi connectivity index (χ1v) is 3.27. The molecule has 8 heavy (non-hydrogen) atoms. The molecule has 0 aliphatic carbocycles. The third-order valence-electron chi connectivity index (χ3n) is 0.789. The fourth-order valence-electron chi connectivity index (χ4n) is 0.426. The molecular weight excluding hydrogens is 120 g/mol. The van der Waals surface area contributed by atoms with Crippen LogP contribution in [0.5, 0.6) is 0 Å². The third kappa shape index (κ3) is 4.06. The van der Waals surface area contributed by atoms with Gasteiger partial charge in [0.2, 0.25) is 0 Å². The lowest BCUT2D eigenvalue weighted by Gasteiger charge is -2.06. The van der Waals surface area contributed by atoms with Crippen LogP contribution >= 0.6 is 12.6 Å². The number of hydrogen-bond donors (Lipinski definition) is 1. The van der Waals surface area contributed by atoms with E-state index in [2.05, 4.69) is 26.1 Å². The van der Waals surface area contributed by atoms with Gasteiger partial charge in [0.25, 0.3) is 0 Å². The molecule has 0 radical (unpaired) electrons. The Morgan fingerprint density at radius 2 is 2.50 bits per heavy atom. The predicted molar refractivity (Wildman–Crippen MR) is 39.0 cm³/mol. The molecule has 0 saturated carbocycles. The van der Waals surface area contributed by atoms with Crippen molar-refractivity contribution in [1.82, 2.24) is 0 Å². The molecule has 0 saturated heterocycles. The second kappa shape index (κ2) is 5.04. The second-order valence-electron chi connectivity index (χ2n) is 1.55. The van der Waals surface area contributed by atoms with Crippen LogP contribution in [0.15, 0.2) is 12.8 Å². The Morgan fingerprint density at radius 1 is 1.88 bits per heavy atom. The van der Waals surface area contributed by atoms with Crippen LogP contribution in [0.2, 0.25) is 0 Å². The molecule has 0 bridgehead atoms. The molecule has 0 heterocycles. The molecule has 0 spiro atoms. The SMILES string of the molecule is C=COC(S)CCC. The molecule has 0 aliphatic rings. The fraction of sp³-hybridized carbons (Fsp3) is 0.667. The molecule has 0 aromatic heterocycles. The minimum atomic E-state index is 0.0394. The van der Waals surface area contributed by atoms with E-state index in [-0.39, 0.29) is 5.44 Å². The Labute approximate surface area is 56.1 Å². The van der Waals surface area contributed by atoms with Gasteiger partial charge in [-0.25, -0.2) is 0 Å². The van der Waals surface area contributed by atoms with Gasteiger partial charge in [-0.1, -0.05) is 19.9 Å². The van der Waals surface area contributed by atoms with Gasteiger partial charge in [-0.3, -0.25) is 0 Å². The maximum absolute atomic E-state index is 4.91. The molecule has 1 unspecified atom stereocenters. The minimum Gasteiger partial charge on any atom is -0.488 e. The van der Waals surface area contributed by atoms with Gasteiger partial charge in [0.05, 0.1) is 6.26 Å². The Hall–Kier alpha value is -0.110. The Balaban J connectivity index is 3.03.